The molecule has 0 radical (unpaired) electrons. The number of nitrogens with zero attached hydrogens (tertiary/aromatic N) is 1. The number of carbonyl (C=O) groups excluding carboxylic acids is 1. The predicted octanol–water partition coefficient (Wildman–Crippen LogP) is 2.06. The van der Waals surface area contributed by atoms with Crippen LogP contribution >= 0.6 is 15.9 Å². The molecule has 17 heavy (non-hydrogen) atoms. The third kappa shape index (κ3) is 9.56. The third-order valence-corrected chi connectivity index (χ3v) is 3.03. The summed E-state index contributed by atoms with van der Waals surface area (Å²) in [6, 6.07) is 0. The molecule has 0 aliphatic rings. The highest BCUT2D eigenvalue weighted by molar-refractivity contribution is 9.09. The quantitative estimate of drug-likeness (QED) is 0.433. The highest BCUT2D eigenvalue weighted by Crippen LogP contribution is 2.04. The summed E-state index contributed by atoms with van der Waals surface area (Å²) in [4.78, 5) is 13.8. The van der Waals surface area contributed by atoms with Crippen LogP contribution in [0.25, 0.3) is 0 Å². The summed E-state index contributed by atoms with van der Waals surface area (Å²) in [5.74, 6) is 0.221. The molecule has 1 amide bonds. The fourth-order valence-electron chi connectivity index (χ4n) is 1.49. The van der Waals surface area contributed by atoms with Gasteiger partial charge < -0.3 is 14.4 Å². The molecule has 5 heteroatoms. The molecule has 0 saturated heterocycles. The molecule has 0 atom stereocenters. The minimum Gasteiger partial charge on any atom is -0.385 e. The second kappa shape index (κ2) is 12.3. The highest BCUT2D eigenvalue weighted by Gasteiger charge is 2.12. The largest absolute Gasteiger partial charge is 0.385 e. The van der Waals surface area contributed by atoms with Crippen molar-refractivity contribution < 1.29 is 14.3 Å². The molecule has 102 valence electrons. The Bertz CT molecular complexity index is 191. The van der Waals surface area contributed by atoms with Crippen LogP contribution in [0, 0.1) is 0 Å². The van der Waals surface area contributed by atoms with E-state index in [1.54, 1.807) is 14.2 Å². The Morgan fingerprint density at radius 2 is 1.76 bits per heavy atom. The van der Waals surface area contributed by atoms with E-state index < -0.39 is 0 Å². The molecule has 0 aromatic rings. The number of carbonyl (C=O) groups is 1. The Hall–Kier alpha value is -0.130. The van der Waals surface area contributed by atoms with E-state index in [1.807, 2.05) is 4.90 Å². The van der Waals surface area contributed by atoms with Crippen LogP contribution in [-0.4, -0.2) is 56.7 Å². The number of methoxy groups -OCH3 is 2. The van der Waals surface area contributed by atoms with Gasteiger partial charge in [0.1, 0.15) is 0 Å². The maximum absolute atomic E-state index is 11.9. The van der Waals surface area contributed by atoms with E-state index in [1.165, 1.54) is 0 Å². The van der Waals surface area contributed by atoms with Crippen molar-refractivity contribution in [3.63, 3.8) is 0 Å². The van der Waals surface area contributed by atoms with Crippen molar-refractivity contribution >= 4 is 21.8 Å². The van der Waals surface area contributed by atoms with Crippen LogP contribution in [0.4, 0.5) is 0 Å². The van der Waals surface area contributed by atoms with E-state index in [9.17, 15) is 4.79 Å². The molecule has 0 aromatic heterocycles. The molecular weight excluding hydrogens is 286 g/mol. The molecule has 0 N–H and O–H groups in total. The number of unbranched alkanes of at least 4 members (excludes halogenated alkanes) is 1. The SMILES string of the molecule is COCCCN(CCOC)C(=O)CCCCBr. The molecule has 0 aromatic carbocycles. The van der Waals surface area contributed by atoms with E-state index in [0.29, 0.717) is 26.2 Å². The Kier molecular flexibility index (Phi) is 12.2. The van der Waals surface area contributed by atoms with Gasteiger partial charge in [0, 0.05) is 45.7 Å². The van der Waals surface area contributed by atoms with Gasteiger partial charge >= 0.3 is 0 Å². The van der Waals surface area contributed by atoms with Crippen molar-refractivity contribution in [2.24, 2.45) is 0 Å². The summed E-state index contributed by atoms with van der Waals surface area (Å²) in [5, 5.41) is 0.960. The van der Waals surface area contributed by atoms with Gasteiger partial charge in [-0.25, -0.2) is 0 Å². The van der Waals surface area contributed by atoms with Crippen LogP contribution in [0.15, 0.2) is 0 Å². The number of hydrogen-bond donors (Lipinski definition) is 0. The van der Waals surface area contributed by atoms with Crippen LogP contribution in [-0.2, 0) is 14.3 Å². The van der Waals surface area contributed by atoms with Crippen molar-refractivity contribution in [2.45, 2.75) is 25.7 Å². The van der Waals surface area contributed by atoms with Crippen molar-refractivity contribution in [1.29, 1.82) is 0 Å². The number of amides is 1. The first-order valence-corrected chi connectivity index (χ1v) is 7.20. The minimum atomic E-state index is 0.221. The fourth-order valence-corrected chi connectivity index (χ4v) is 1.89. The molecule has 0 rings (SSSR count). The van der Waals surface area contributed by atoms with Gasteiger partial charge in [0.05, 0.1) is 6.61 Å². The Morgan fingerprint density at radius 3 is 2.35 bits per heavy atom. The molecule has 0 unspecified atom stereocenters. The first-order valence-electron chi connectivity index (χ1n) is 6.07. The lowest BCUT2D eigenvalue weighted by molar-refractivity contribution is -0.132. The lowest BCUT2D eigenvalue weighted by Crippen LogP contribution is -2.35. The summed E-state index contributed by atoms with van der Waals surface area (Å²) in [7, 11) is 3.33. The van der Waals surface area contributed by atoms with Gasteiger partial charge in [0.15, 0.2) is 0 Å². The Balaban J connectivity index is 3.91. The van der Waals surface area contributed by atoms with Gasteiger partial charge in [-0.2, -0.15) is 0 Å². The maximum atomic E-state index is 11.9. The third-order valence-electron chi connectivity index (χ3n) is 2.47. The topological polar surface area (TPSA) is 38.8 Å². The van der Waals surface area contributed by atoms with Crippen LogP contribution in [0.5, 0.6) is 0 Å². The van der Waals surface area contributed by atoms with Crippen LogP contribution < -0.4 is 0 Å². The van der Waals surface area contributed by atoms with Crippen molar-refractivity contribution in [2.75, 3.05) is 45.9 Å². The Morgan fingerprint density at radius 1 is 1.06 bits per heavy atom. The van der Waals surface area contributed by atoms with E-state index >= 15 is 0 Å². The van der Waals surface area contributed by atoms with Crippen LogP contribution in [0.2, 0.25) is 0 Å². The number of alkyl halides is 1. The second-order valence-corrected chi connectivity index (χ2v) is 4.66. The molecule has 0 heterocycles. The van der Waals surface area contributed by atoms with Crippen molar-refractivity contribution in [3.05, 3.63) is 0 Å². The lowest BCUT2D eigenvalue weighted by atomic mass is 10.2. The van der Waals surface area contributed by atoms with E-state index in [2.05, 4.69) is 15.9 Å². The zero-order valence-corrected chi connectivity index (χ0v) is 12.5. The van der Waals surface area contributed by atoms with Gasteiger partial charge in [0.25, 0.3) is 0 Å². The average Bonchev–Trinajstić information content (AvgIpc) is 2.33. The summed E-state index contributed by atoms with van der Waals surface area (Å²) in [5.41, 5.74) is 0. The fraction of sp³-hybridized carbons (Fsp3) is 0.917. The zero-order valence-electron chi connectivity index (χ0n) is 10.9. The molecule has 4 nitrogen and oxygen atoms in total. The molecule has 0 fully saturated rings. The number of halogens is 1. The number of ether oxygens (including phenoxy) is 2. The summed E-state index contributed by atoms with van der Waals surface area (Å²) < 4.78 is 10.0. The van der Waals surface area contributed by atoms with Crippen LogP contribution in [0.3, 0.4) is 0 Å². The molecule has 0 saturated carbocycles. The van der Waals surface area contributed by atoms with Gasteiger partial charge in [-0.1, -0.05) is 15.9 Å². The smallest absolute Gasteiger partial charge is 0.222 e. The first kappa shape index (κ1) is 16.9. The lowest BCUT2D eigenvalue weighted by Gasteiger charge is -2.22. The number of rotatable bonds is 11. The van der Waals surface area contributed by atoms with Crippen molar-refractivity contribution in [3.8, 4) is 0 Å². The van der Waals surface area contributed by atoms with Gasteiger partial charge in [-0.15, -0.1) is 0 Å². The van der Waals surface area contributed by atoms with Gasteiger partial charge in [-0.05, 0) is 19.3 Å². The average molecular weight is 310 g/mol. The number of hydrogen-bond acceptors (Lipinski definition) is 3. The Labute approximate surface area is 113 Å². The standard InChI is InChI=1S/C12H24BrNO3/c1-16-10-5-8-14(9-11-17-2)12(15)6-3-4-7-13/h3-11H2,1-2H3. The molecule has 0 bridgehead atoms. The maximum Gasteiger partial charge on any atom is 0.222 e. The van der Waals surface area contributed by atoms with E-state index in [-0.39, 0.29) is 5.91 Å². The minimum absolute atomic E-state index is 0.221. The summed E-state index contributed by atoms with van der Waals surface area (Å²) in [6.45, 7) is 2.72. The van der Waals surface area contributed by atoms with Crippen LogP contribution in [0.1, 0.15) is 25.7 Å². The zero-order chi connectivity index (χ0) is 12.9. The highest BCUT2D eigenvalue weighted by atomic mass is 79.9. The second-order valence-electron chi connectivity index (χ2n) is 3.87. The normalized spacial score (nSPS) is 10.5. The molecule has 0 spiro atoms. The first-order chi connectivity index (χ1) is 8.26. The predicted molar refractivity (Wildman–Crippen MR) is 72.6 cm³/mol. The summed E-state index contributed by atoms with van der Waals surface area (Å²) >= 11 is 3.37. The van der Waals surface area contributed by atoms with Crippen molar-refractivity contribution in [1.82, 2.24) is 4.90 Å². The molecular formula is C12H24BrNO3. The monoisotopic (exact) mass is 309 g/mol. The molecule has 0 aliphatic carbocycles. The van der Waals surface area contributed by atoms with E-state index in [4.69, 9.17) is 9.47 Å². The summed E-state index contributed by atoms with van der Waals surface area (Å²) in [6.07, 6.45) is 3.49. The van der Waals surface area contributed by atoms with Gasteiger partial charge in [-0.3, -0.25) is 4.79 Å². The van der Waals surface area contributed by atoms with Gasteiger partial charge in [0.2, 0.25) is 5.91 Å². The van der Waals surface area contributed by atoms with E-state index in [0.717, 1.165) is 31.1 Å². The molecule has 0 aliphatic heterocycles.